The number of carboxylic acid groups (broad SMARTS) is 1. The topological polar surface area (TPSA) is 83.2 Å². The van der Waals surface area contributed by atoms with Crippen LogP contribution in [0.2, 0.25) is 5.02 Å². The fraction of sp³-hybridized carbons (Fsp3) is 0. The monoisotopic (exact) mass is 274 g/mol. The molecule has 1 N–H and O–H groups in total. The van der Waals surface area contributed by atoms with Gasteiger partial charge in [0.05, 0.1) is 6.20 Å². The maximum absolute atomic E-state index is 11.0. The fourth-order valence-corrected chi connectivity index (χ4v) is 1.55. The summed E-state index contributed by atoms with van der Waals surface area (Å²) in [6.07, 6.45) is 1.34. The number of carboxylic acids is 1. The number of nitrogens with zero attached hydrogens (tertiary/aromatic N) is 2. The van der Waals surface area contributed by atoms with Crippen LogP contribution in [-0.2, 0) is 0 Å². The molecular weight excluding hydrogens is 268 g/mol. The summed E-state index contributed by atoms with van der Waals surface area (Å²) in [4.78, 5) is 14.9. The Morgan fingerprint density at radius 3 is 2.74 bits per heavy atom. The summed E-state index contributed by atoms with van der Waals surface area (Å²) < 4.78 is 5.41. The first-order chi connectivity index (χ1) is 9.10. The molecule has 0 atom stereocenters. The minimum Gasteiger partial charge on any atom is -0.478 e. The lowest BCUT2D eigenvalue weighted by atomic mass is 10.2. The number of nitriles is 1. The molecule has 0 aliphatic carbocycles. The molecule has 0 spiro atoms. The quantitative estimate of drug-likeness (QED) is 0.930. The van der Waals surface area contributed by atoms with Gasteiger partial charge >= 0.3 is 5.97 Å². The number of pyridine rings is 1. The normalized spacial score (nSPS) is 9.68. The van der Waals surface area contributed by atoms with Crippen molar-refractivity contribution < 1.29 is 14.6 Å². The zero-order valence-corrected chi connectivity index (χ0v) is 10.3. The number of aromatic nitrogens is 1. The Labute approximate surface area is 113 Å². The van der Waals surface area contributed by atoms with E-state index in [2.05, 4.69) is 4.98 Å². The largest absolute Gasteiger partial charge is 0.478 e. The van der Waals surface area contributed by atoms with Crippen molar-refractivity contribution in [3.05, 3.63) is 52.8 Å². The standard InChI is InChI=1S/C13H7ClN2O3/c14-8-1-4-11(13(17)18)12(5-8)19-10-3-2-9(6-15)16-7-10/h1-5,7H,(H,17,18). The zero-order chi connectivity index (χ0) is 13.8. The molecule has 0 bridgehead atoms. The SMILES string of the molecule is N#Cc1ccc(Oc2cc(Cl)ccc2C(=O)O)cn1. The van der Waals surface area contributed by atoms with E-state index in [1.807, 2.05) is 6.07 Å². The molecular formula is C13H7ClN2O3. The third kappa shape index (κ3) is 3.00. The van der Waals surface area contributed by atoms with Crippen LogP contribution in [0.3, 0.4) is 0 Å². The molecule has 0 fully saturated rings. The molecule has 0 amide bonds. The zero-order valence-electron chi connectivity index (χ0n) is 9.50. The lowest BCUT2D eigenvalue weighted by molar-refractivity contribution is 0.0694. The highest BCUT2D eigenvalue weighted by Gasteiger charge is 2.12. The number of rotatable bonds is 3. The number of halogens is 1. The molecule has 6 heteroatoms. The van der Waals surface area contributed by atoms with E-state index in [4.69, 9.17) is 26.7 Å². The van der Waals surface area contributed by atoms with Crippen molar-refractivity contribution in [3.8, 4) is 17.6 Å². The second-order valence-corrected chi connectivity index (χ2v) is 3.98. The van der Waals surface area contributed by atoms with Gasteiger partial charge < -0.3 is 9.84 Å². The van der Waals surface area contributed by atoms with Crippen LogP contribution in [0.25, 0.3) is 0 Å². The Kier molecular flexibility index (Phi) is 3.64. The van der Waals surface area contributed by atoms with E-state index in [0.29, 0.717) is 10.8 Å². The van der Waals surface area contributed by atoms with Gasteiger partial charge in [0.1, 0.15) is 28.8 Å². The van der Waals surface area contributed by atoms with E-state index >= 15 is 0 Å². The fourth-order valence-electron chi connectivity index (χ4n) is 1.39. The maximum Gasteiger partial charge on any atom is 0.339 e. The predicted molar refractivity (Wildman–Crippen MR) is 67.4 cm³/mol. The number of carbonyl (C=O) groups is 1. The smallest absolute Gasteiger partial charge is 0.339 e. The van der Waals surface area contributed by atoms with E-state index in [0.717, 1.165) is 0 Å². The van der Waals surface area contributed by atoms with Gasteiger partial charge in [-0.2, -0.15) is 5.26 Å². The summed E-state index contributed by atoms with van der Waals surface area (Å²) in [6.45, 7) is 0. The summed E-state index contributed by atoms with van der Waals surface area (Å²) in [5, 5.41) is 18.0. The highest BCUT2D eigenvalue weighted by atomic mass is 35.5. The first kappa shape index (κ1) is 12.9. The third-order valence-electron chi connectivity index (χ3n) is 2.25. The van der Waals surface area contributed by atoms with Gasteiger partial charge in [0, 0.05) is 11.1 Å². The first-order valence-corrected chi connectivity index (χ1v) is 5.55. The molecule has 0 saturated heterocycles. The molecule has 0 aliphatic heterocycles. The highest BCUT2D eigenvalue weighted by molar-refractivity contribution is 6.30. The van der Waals surface area contributed by atoms with Gasteiger partial charge in [-0.3, -0.25) is 0 Å². The molecule has 0 saturated carbocycles. The van der Waals surface area contributed by atoms with Crippen LogP contribution in [0.4, 0.5) is 0 Å². The van der Waals surface area contributed by atoms with Crippen LogP contribution >= 0.6 is 11.6 Å². The number of benzene rings is 1. The van der Waals surface area contributed by atoms with Crippen molar-refractivity contribution in [2.24, 2.45) is 0 Å². The Balaban J connectivity index is 2.34. The molecule has 94 valence electrons. The van der Waals surface area contributed by atoms with E-state index < -0.39 is 5.97 Å². The maximum atomic E-state index is 11.0. The summed E-state index contributed by atoms with van der Waals surface area (Å²) in [6, 6.07) is 9.10. The molecule has 0 unspecified atom stereocenters. The van der Waals surface area contributed by atoms with Gasteiger partial charge in [-0.15, -0.1) is 0 Å². The van der Waals surface area contributed by atoms with Gasteiger partial charge in [0.25, 0.3) is 0 Å². The molecule has 0 radical (unpaired) electrons. The minimum atomic E-state index is -1.12. The van der Waals surface area contributed by atoms with Crippen molar-refractivity contribution >= 4 is 17.6 Å². The molecule has 1 aromatic carbocycles. The van der Waals surface area contributed by atoms with Crippen LogP contribution in [-0.4, -0.2) is 16.1 Å². The predicted octanol–water partition coefficient (Wildman–Crippen LogP) is 3.10. The van der Waals surface area contributed by atoms with Crippen LogP contribution < -0.4 is 4.74 Å². The highest BCUT2D eigenvalue weighted by Crippen LogP contribution is 2.28. The first-order valence-electron chi connectivity index (χ1n) is 5.17. The van der Waals surface area contributed by atoms with Crippen molar-refractivity contribution in [1.29, 1.82) is 5.26 Å². The number of hydrogen-bond donors (Lipinski definition) is 1. The van der Waals surface area contributed by atoms with Crippen molar-refractivity contribution in [1.82, 2.24) is 4.98 Å². The average Bonchev–Trinajstić information content (AvgIpc) is 2.39. The van der Waals surface area contributed by atoms with Crippen LogP contribution in [0.15, 0.2) is 36.5 Å². The molecule has 2 aromatic rings. The van der Waals surface area contributed by atoms with Crippen LogP contribution in [0, 0.1) is 11.3 Å². The Morgan fingerprint density at radius 1 is 1.37 bits per heavy atom. The molecule has 1 aromatic heterocycles. The number of aromatic carboxylic acids is 1. The molecule has 19 heavy (non-hydrogen) atoms. The van der Waals surface area contributed by atoms with Gasteiger partial charge in [-0.05, 0) is 24.3 Å². The summed E-state index contributed by atoms with van der Waals surface area (Å²) >= 11 is 5.80. The van der Waals surface area contributed by atoms with Crippen molar-refractivity contribution in [2.45, 2.75) is 0 Å². The molecule has 1 heterocycles. The van der Waals surface area contributed by atoms with Crippen LogP contribution in [0.1, 0.15) is 16.1 Å². The Morgan fingerprint density at radius 2 is 2.16 bits per heavy atom. The van der Waals surface area contributed by atoms with Gasteiger partial charge in [-0.1, -0.05) is 11.6 Å². The van der Waals surface area contributed by atoms with Gasteiger partial charge in [-0.25, -0.2) is 9.78 Å². The van der Waals surface area contributed by atoms with E-state index in [1.54, 1.807) is 0 Å². The second-order valence-electron chi connectivity index (χ2n) is 3.54. The van der Waals surface area contributed by atoms with E-state index in [-0.39, 0.29) is 17.0 Å². The molecule has 5 nitrogen and oxygen atoms in total. The summed E-state index contributed by atoms with van der Waals surface area (Å²) in [5.41, 5.74) is 0.241. The lowest BCUT2D eigenvalue weighted by Crippen LogP contribution is -2.00. The van der Waals surface area contributed by atoms with Crippen molar-refractivity contribution in [3.63, 3.8) is 0 Å². The molecule has 0 aliphatic rings. The third-order valence-corrected chi connectivity index (χ3v) is 2.49. The Hall–Kier alpha value is -2.58. The number of ether oxygens (including phenoxy) is 1. The van der Waals surface area contributed by atoms with E-state index in [9.17, 15) is 4.79 Å². The van der Waals surface area contributed by atoms with Gasteiger partial charge in [0.2, 0.25) is 0 Å². The van der Waals surface area contributed by atoms with E-state index in [1.165, 1.54) is 36.5 Å². The van der Waals surface area contributed by atoms with Gasteiger partial charge in [0.15, 0.2) is 0 Å². The second kappa shape index (κ2) is 5.38. The Bertz CT molecular complexity index is 663. The molecule has 2 rings (SSSR count). The van der Waals surface area contributed by atoms with Crippen molar-refractivity contribution in [2.75, 3.05) is 0 Å². The average molecular weight is 275 g/mol. The summed E-state index contributed by atoms with van der Waals surface area (Å²) in [7, 11) is 0. The summed E-state index contributed by atoms with van der Waals surface area (Å²) in [5.74, 6) is -0.677. The minimum absolute atomic E-state index is 0.00578. The number of hydrogen-bond acceptors (Lipinski definition) is 4. The van der Waals surface area contributed by atoms with Crippen LogP contribution in [0.5, 0.6) is 11.5 Å². The lowest BCUT2D eigenvalue weighted by Gasteiger charge is -2.08.